The number of hydrogen-bond donors (Lipinski definition) is 2. The summed E-state index contributed by atoms with van der Waals surface area (Å²) >= 11 is 1.29. The summed E-state index contributed by atoms with van der Waals surface area (Å²) in [6.45, 7) is 0. The molecular formula is C15H10FNOS. The van der Waals surface area contributed by atoms with Crippen molar-refractivity contribution < 1.29 is 9.50 Å². The van der Waals surface area contributed by atoms with Gasteiger partial charge >= 0.3 is 0 Å². The van der Waals surface area contributed by atoms with Gasteiger partial charge < -0.3 is 5.11 Å². The third kappa shape index (κ3) is 1.90. The molecule has 2 N–H and O–H groups in total. The predicted octanol–water partition coefficient (Wildman–Crippen LogP) is 4.16. The fourth-order valence-corrected chi connectivity index (χ4v) is 3.05. The molecule has 1 aromatic heterocycles. The van der Waals surface area contributed by atoms with Gasteiger partial charge in [-0.2, -0.15) is 0 Å². The highest BCUT2D eigenvalue weighted by Crippen LogP contribution is 2.38. The first-order valence-corrected chi connectivity index (χ1v) is 6.54. The van der Waals surface area contributed by atoms with Gasteiger partial charge in [0.05, 0.1) is 10.6 Å². The van der Waals surface area contributed by atoms with Crippen molar-refractivity contribution >= 4 is 27.1 Å². The highest BCUT2D eigenvalue weighted by atomic mass is 32.1. The zero-order valence-electron chi connectivity index (χ0n) is 9.85. The minimum Gasteiger partial charge on any atom is -0.506 e. The van der Waals surface area contributed by atoms with Gasteiger partial charge in [-0.05, 0) is 24.3 Å². The summed E-state index contributed by atoms with van der Waals surface area (Å²) in [7, 11) is 0. The smallest absolute Gasteiger partial charge is 0.143 e. The highest BCUT2D eigenvalue weighted by molar-refractivity contribution is 7.21. The van der Waals surface area contributed by atoms with Crippen molar-refractivity contribution in [3.05, 3.63) is 64.8 Å². The monoisotopic (exact) mass is 271 g/mol. The average Bonchev–Trinajstić information content (AvgIpc) is 2.77. The summed E-state index contributed by atoms with van der Waals surface area (Å²) in [6, 6.07) is 13.5. The Labute approximate surface area is 113 Å². The topological polar surface area (TPSA) is 44.1 Å². The van der Waals surface area contributed by atoms with Crippen LogP contribution in [-0.4, -0.2) is 10.8 Å². The number of rotatable bonds is 2. The maximum Gasteiger partial charge on any atom is 0.143 e. The number of aromatic hydroxyl groups is 1. The molecule has 0 unspecified atom stereocenters. The molecule has 3 rings (SSSR count). The lowest BCUT2D eigenvalue weighted by Gasteiger charge is -2.03. The lowest BCUT2D eigenvalue weighted by Crippen LogP contribution is -2.01. The molecule has 0 saturated carbocycles. The molecule has 3 aromatic rings. The molecule has 19 heavy (non-hydrogen) atoms. The van der Waals surface area contributed by atoms with E-state index in [0.717, 1.165) is 4.70 Å². The van der Waals surface area contributed by atoms with Crippen LogP contribution in [0.1, 0.15) is 10.4 Å². The van der Waals surface area contributed by atoms with Crippen molar-refractivity contribution in [3.63, 3.8) is 0 Å². The molecular weight excluding hydrogens is 261 g/mol. The predicted molar refractivity (Wildman–Crippen MR) is 75.8 cm³/mol. The Morgan fingerprint density at radius 1 is 1.05 bits per heavy atom. The van der Waals surface area contributed by atoms with E-state index in [-0.39, 0.29) is 17.0 Å². The van der Waals surface area contributed by atoms with Crippen LogP contribution in [0.5, 0.6) is 5.75 Å². The minimum absolute atomic E-state index is 0.0109. The molecule has 0 bridgehead atoms. The first-order chi connectivity index (χ1) is 9.18. The second kappa shape index (κ2) is 4.48. The Bertz CT molecular complexity index is 779. The van der Waals surface area contributed by atoms with Gasteiger partial charge in [0.2, 0.25) is 0 Å². The molecule has 0 aliphatic rings. The van der Waals surface area contributed by atoms with Crippen LogP contribution in [0.25, 0.3) is 10.1 Å². The van der Waals surface area contributed by atoms with Gasteiger partial charge in [-0.1, -0.05) is 24.3 Å². The van der Waals surface area contributed by atoms with Gasteiger partial charge in [0, 0.05) is 15.6 Å². The van der Waals surface area contributed by atoms with Crippen LogP contribution in [0, 0.1) is 11.2 Å². The molecule has 0 amide bonds. The molecule has 0 radical (unpaired) electrons. The van der Waals surface area contributed by atoms with Crippen molar-refractivity contribution in [1.29, 1.82) is 5.41 Å². The molecule has 2 aromatic carbocycles. The van der Waals surface area contributed by atoms with Crippen LogP contribution in [-0.2, 0) is 0 Å². The van der Waals surface area contributed by atoms with E-state index in [4.69, 9.17) is 5.41 Å². The lowest BCUT2D eigenvalue weighted by molar-refractivity contribution is 0.482. The second-order valence-corrected chi connectivity index (χ2v) is 5.18. The normalized spacial score (nSPS) is 10.8. The third-order valence-electron chi connectivity index (χ3n) is 2.94. The Morgan fingerprint density at radius 3 is 2.47 bits per heavy atom. The molecule has 0 spiro atoms. The van der Waals surface area contributed by atoms with Crippen LogP contribution in [0.4, 0.5) is 4.39 Å². The fraction of sp³-hybridized carbons (Fsp3) is 0. The Morgan fingerprint density at radius 2 is 1.74 bits per heavy atom. The van der Waals surface area contributed by atoms with E-state index in [9.17, 15) is 9.50 Å². The molecule has 0 aliphatic carbocycles. The van der Waals surface area contributed by atoms with Crippen LogP contribution >= 0.6 is 11.3 Å². The SMILES string of the molecule is N=C(c1ccccc1F)c1sc2ccccc2c1O. The molecule has 4 heteroatoms. The minimum atomic E-state index is -0.454. The Hall–Kier alpha value is -2.20. The van der Waals surface area contributed by atoms with E-state index in [1.807, 2.05) is 18.2 Å². The van der Waals surface area contributed by atoms with E-state index >= 15 is 0 Å². The lowest BCUT2D eigenvalue weighted by atomic mass is 10.1. The highest BCUT2D eigenvalue weighted by Gasteiger charge is 2.18. The maximum atomic E-state index is 13.7. The number of thiophene rings is 1. The second-order valence-electron chi connectivity index (χ2n) is 4.13. The largest absolute Gasteiger partial charge is 0.506 e. The number of halogens is 1. The molecule has 1 heterocycles. The maximum absolute atomic E-state index is 13.7. The van der Waals surface area contributed by atoms with Crippen LogP contribution < -0.4 is 0 Å². The first-order valence-electron chi connectivity index (χ1n) is 5.73. The number of fused-ring (bicyclic) bond motifs is 1. The van der Waals surface area contributed by atoms with Crippen molar-refractivity contribution in [2.75, 3.05) is 0 Å². The van der Waals surface area contributed by atoms with Crippen molar-refractivity contribution in [1.82, 2.24) is 0 Å². The number of hydrogen-bond acceptors (Lipinski definition) is 3. The zero-order chi connectivity index (χ0) is 13.4. The first kappa shape index (κ1) is 11.9. The van der Waals surface area contributed by atoms with Gasteiger partial charge in [0.25, 0.3) is 0 Å². The van der Waals surface area contributed by atoms with Gasteiger partial charge in [0.1, 0.15) is 11.6 Å². The summed E-state index contributed by atoms with van der Waals surface area (Å²) in [6.07, 6.45) is 0. The summed E-state index contributed by atoms with van der Waals surface area (Å²) in [5.41, 5.74) is 0.209. The molecule has 0 aliphatic heterocycles. The fourth-order valence-electron chi connectivity index (χ4n) is 1.99. The Balaban J connectivity index is 2.17. The van der Waals surface area contributed by atoms with Gasteiger partial charge in [-0.3, -0.25) is 5.41 Å². The Kier molecular flexibility index (Phi) is 2.80. The number of benzene rings is 2. The zero-order valence-corrected chi connectivity index (χ0v) is 10.7. The van der Waals surface area contributed by atoms with Gasteiger partial charge in [0.15, 0.2) is 0 Å². The molecule has 0 fully saturated rings. The van der Waals surface area contributed by atoms with E-state index in [0.29, 0.717) is 10.3 Å². The number of nitrogens with one attached hydrogen (secondary N) is 1. The van der Waals surface area contributed by atoms with E-state index < -0.39 is 5.82 Å². The van der Waals surface area contributed by atoms with E-state index in [1.165, 1.54) is 17.4 Å². The molecule has 0 atom stereocenters. The van der Waals surface area contributed by atoms with Gasteiger partial charge in [-0.15, -0.1) is 11.3 Å². The summed E-state index contributed by atoms with van der Waals surface area (Å²) in [4.78, 5) is 0.395. The molecule has 2 nitrogen and oxygen atoms in total. The van der Waals surface area contributed by atoms with E-state index in [1.54, 1.807) is 24.3 Å². The van der Waals surface area contributed by atoms with Crippen molar-refractivity contribution in [3.8, 4) is 5.75 Å². The summed E-state index contributed by atoms with van der Waals surface area (Å²) in [5, 5.41) is 19.0. The summed E-state index contributed by atoms with van der Waals surface area (Å²) < 4.78 is 14.6. The summed E-state index contributed by atoms with van der Waals surface area (Å²) in [5.74, 6) is -0.404. The average molecular weight is 271 g/mol. The van der Waals surface area contributed by atoms with Crippen molar-refractivity contribution in [2.24, 2.45) is 0 Å². The molecule has 94 valence electrons. The van der Waals surface area contributed by atoms with Crippen molar-refractivity contribution in [2.45, 2.75) is 0 Å². The third-order valence-corrected chi connectivity index (χ3v) is 4.12. The quantitative estimate of drug-likeness (QED) is 0.675. The van der Waals surface area contributed by atoms with Crippen LogP contribution in [0.15, 0.2) is 48.5 Å². The van der Waals surface area contributed by atoms with Crippen LogP contribution in [0.3, 0.4) is 0 Å². The molecule has 0 saturated heterocycles. The van der Waals surface area contributed by atoms with Crippen LogP contribution in [0.2, 0.25) is 0 Å². The van der Waals surface area contributed by atoms with E-state index in [2.05, 4.69) is 0 Å². The van der Waals surface area contributed by atoms with Gasteiger partial charge in [-0.25, -0.2) is 4.39 Å². The standard InChI is InChI=1S/C15H10FNOS/c16-11-7-3-1-5-9(11)13(17)15-14(18)10-6-2-4-8-12(10)19-15/h1-8,17-18H.